The Hall–Kier alpha value is -2.27. The highest BCUT2D eigenvalue weighted by Crippen LogP contribution is 2.30. The van der Waals surface area contributed by atoms with Crippen LogP contribution in [0, 0.1) is 0 Å². The molecule has 0 aliphatic carbocycles. The van der Waals surface area contributed by atoms with Crippen LogP contribution in [0.1, 0.15) is 35.3 Å². The molecule has 3 heterocycles. The number of hydrogen-bond donors (Lipinski definition) is 0. The molecule has 4 rings (SSSR count). The minimum atomic E-state index is 0.102. The van der Waals surface area contributed by atoms with Crippen molar-refractivity contribution in [3.05, 3.63) is 58.9 Å². The van der Waals surface area contributed by atoms with E-state index in [0.29, 0.717) is 6.54 Å². The van der Waals surface area contributed by atoms with Crippen molar-refractivity contribution in [2.45, 2.75) is 25.9 Å². The molecule has 2 aliphatic heterocycles. The Morgan fingerprint density at radius 1 is 1.12 bits per heavy atom. The van der Waals surface area contributed by atoms with E-state index in [0.717, 1.165) is 38.4 Å². The van der Waals surface area contributed by atoms with E-state index in [-0.39, 0.29) is 6.04 Å². The molecule has 2 aromatic rings. The maximum atomic E-state index is 5.42. The summed E-state index contributed by atoms with van der Waals surface area (Å²) in [6.45, 7) is 6.33. The molecule has 1 aromatic heterocycles. The van der Waals surface area contributed by atoms with Gasteiger partial charge in [0.15, 0.2) is 0 Å². The summed E-state index contributed by atoms with van der Waals surface area (Å²) in [5.41, 5.74) is 6.19. The van der Waals surface area contributed by atoms with Crippen LogP contribution in [0.3, 0.4) is 0 Å². The Bertz CT molecular complexity index is 736. The molecule has 5 heteroatoms. The first kappa shape index (κ1) is 15.3. The van der Waals surface area contributed by atoms with E-state index in [4.69, 9.17) is 4.74 Å². The van der Waals surface area contributed by atoms with Crippen molar-refractivity contribution in [2.24, 2.45) is 10.2 Å². The Kier molecular flexibility index (Phi) is 4.26. The van der Waals surface area contributed by atoms with Crippen molar-refractivity contribution in [2.75, 3.05) is 31.2 Å². The molecular formula is C19H22N4O. The number of anilines is 1. The fourth-order valence-electron chi connectivity index (χ4n) is 3.49. The number of azo groups is 1. The van der Waals surface area contributed by atoms with Crippen LogP contribution in [0.15, 0.2) is 46.8 Å². The summed E-state index contributed by atoms with van der Waals surface area (Å²) in [5.74, 6) is 0. The van der Waals surface area contributed by atoms with Crippen molar-refractivity contribution in [1.82, 2.24) is 4.98 Å². The number of pyridine rings is 1. The van der Waals surface area contributed by atoms with E-state index in [1.807, 2.05) is 6.20 Å². The smallest absolute Gasteiger partial charge is 0.0950 e. The van der Waals surface area contributed by atoms with Crippen LogP contribution in [-0.2, 0) is 17.7 Å². The van der Waals surface area contributed by atoms with Crippen LogP contribution in [0.2, 0.25) is 0 Å². The minimum absolute atomic E-state index is 0.102. The molecule has 124 valence electrons. The van der Waals surface area contributed by atoms with Crippen LogP contribution in [0.5, 0.6) is 0 Å². The zero-order valence-corrected chi connectivity index (χ0v) is 14.0. The van der Waals surface area contributed by atoms with Gasteiger partial charge >= 0.3 is 0 Å². The van der Waals surface area contributed by atoms with Gasteiger partial charge in [-0.05, 0) is 36.2 Å². The van der Waals surface area contributed by atoms with Gasteiger partial charge in [0.2, 0.25) is 0 Å². The van der Waals surface area contributed by atoms with Crippen LogP contribution in [-0.4, -0.2) is 31.3 Å². The van der Waals surface area contributed by atoms with Crippen molar-refractivity contribution in [3.8, 4) is 0 Å². The predicted octanol–water partition coefficient (Wildman–Crippen LogP) is 3.54. The monoisotopic (exact) mass is 322 g/mol. The van der Waals surface area contributed by atoms with Gasteiger partial charge in [-0.15, -0.1) is 0 Å². The van der Waals surface area contributed by atoms with Crippen LogP contribution < -0.4 is 4.90 Å². The molecule has 2 aliphatic rings. The zero-order chi connectivity index (χ0) is 16.4. The molecule has 1 unspecified atom stereocenters. The number of rotatable bonds is 3. The van der Waals surface area contributed by atoms with Gasteiger partial charge < -0.3 is 9.64 Å². The summed E-state index contributed by atoms with van der Waals surface area (Å²) in [4.78, 5) is 6.99. The van der Waals surface area contributed by atoms with Gasteiger partial charge in [-0.25, -0.2) is 0 Å². The highest BCUT2D eigenvalue weighted by molar-refractivity contribution is 5.48. The highest BCUT2D eigenvalue weighted by Gasteiger charge is 2.19. The van der Waals surface area contributed by atoms with Crippen molar-refractivity contribution < 1.29 is 4.74 Å². The molecule has 1 aromatic carbocycles. The molecule has 1 atom stereocenters. The van der Waals surface area contributed by atoms with Crippen LogP contribution >= 0.6 is 0 Å². The number of morpholine rings is 1. The van der Waals surface area contributed by atoms with Gasteiger partial charge in [-0.2, -0.15) is 10.2 Å². The van der Waals surface area contributed by atoms with Crippen LogP contribution in [0.4, 0.5) is 5.69 Å². The predicted molar refractivity (Wildman–Crippen MR) is 93.5 cm³/mol. The normalized spacial score (nSPS) is 20.0. The highest BCUT2D eigenvalue weighted by atomic mass is 16.5. The zero-order valence-electron chi connectivity index (χ0n) is 14.0. The molecule has 0 bridgehead atoms. The number of aromatic nitrogens is 1. The molecule has 0 amide bonds. The molecular weight excluding hydrogens is 300 g/mol. The average Bonchev–Trinajstić information content (AvgIpc) is 2.63. The summed E-state index contributed by atoms with van der Waals surface area (Å²) >= 11 is 0. The average molecular weight is 322 g/mol. The second-order valence-corrected chi connectivity index (χ2v) is 6.36. The van der Waals surface area contributed by atoms with Gasteiger partial charge in [-0.3, -0.25) is 4.98 Å². The first-order valence-corrected chi connectivity index (χ1v) is 8.56. The quantitative estimate of drug-likeness (QED) is 0.868. The second kappa shape index (κ2) is 6.69. The first-order valence-electron chi connectivity index (χ1n) is 8.56. The van der Waals surface area contributed by atoms with Crippen molar-refractivity contribution in [3.63, 3.8) is 0 Å². The van der Waals surface area contributed by atoms with Crippen molar-refractivity contribution in [1.29, 1.82) is 0 Å². The summed E-state index contributed by atoms with van der Waals surface area (Å²) in [6.07, 6.45) is 2.73. The number of hydrogen-bond acceptors (Lipinski definition) is 5. The maximum Gasteiger partial charge on any atom is 0.0950 e. The molecule has 1 saturated heterocycles. The first-order chi connectivity index (χ1) is 11.8. The molecule has 0 radical (unpaired) electrons. The van der Waals surface area contributed by atoms with Gasteiger partial charge in [0, 0.05) is 37.0 Å². The molecule has 5 nitrogen and oxygen atoms in total. The summed E-state index contributed by atoms with van der Waals surface area (Å²) < 4.78 is 5.42. The van der Waals surface area contributed by atoms with Crippen molar-refractivity contribution >= 4 is 5.69 Å². The van der Waals surface area contributed by atoms with Gasteiger partial charge in [0.1, 0.15) is 0 Å². The topological polar surface area (TPSA) is 50.1 Å². The standard InChI is InChI=1S/C19H22N4O/c1-14-19-16(13-21-22-14)6-7-20-18(19)12-15-2-4-17(5-3-15)23-8-10-24-11-9-23/h2-7,14H,8-13H2,1H3. The molecule has 0 spiro atoms. The third kappa shape index (κ3) is 3.04. The number of fused-ring (bicyclic) bond motifs is 1. The van der Waals surface area contributed by atoms with E-state index >= 15 is 0 Å². The van der Waals surface area contributed by atoms with Gasteiger partial charge in [0.05, 0.1) is 31.5 Å². The SMILES string of the molecule is CC1N=NCc2ccnc(Cc3ccc(N4CCOCC4)cc3)c21. The molecule has 0 N–H and O–H groups in total. The molecule has 0 saturated carbocycles. The summed E-state index contributed by atoms with van der Waals surface area (Å²) in [6, 6.07) is 11.0. The lowest BCUT2D eigenvalue weighted by molar-refractivity contribution is 0.122. The lowest BCUT2D eigenvalue weighted by Crippen LogP contribution is -2.36. The van der Waals surface area contributed by atoms with E-state index in [2.05, 4.69) is 57.4 Å². The second-order valence-electron chi connectivity index (χ2n) is 6.36. The van der Waals surface area contributed by atoms with Crippen LogP contribution in [0.25, 0.3) is 0 Å². The third-order valence-corrected chi connectivity index (χ3v) is 4.76. The Morgan fingerprint density at radius 2 is 1.92 bits per heavy atom. The number of ether oxygens (including phenoxy) is 1. The Morgan fingerprint density at radius 3 is 2.71 bits per heavy atom. The number of benzene rings is 1. The minimum Gasteiger partial charge on any atom is -0.378 e. The van der Waals surface area contributed by atoms with E-state index in [9.17, 15) is 0 Å². The fraction of sp³-hybridized carbons (Fsp3) is 0.421. The Labute approximate surface area is 142 Å². The third-order valence-electron chi connectivity index (χ3n) is 4.76. The summed E-state index contributed by atoms with van der Waals surface area (Å²) in [5, 5.41) is 8.51. The summed E-state index contributed by atoms with van der Waals surface area (Å²) in [7, 11) is 0. The lowest BCUT2D eigenvalue weighted by atomic mass is 9.95. The molecule has 1 fully saturated rings. The van der Waals surface area contributed by atoms with E-state index in [1.165, 1.54) is 22.4 Å². The number of nitrogens with zero attached hydrogens (tertiary/aromatic N) is 4. The van der Waals surface area contributed by atoms with Gasteiger partial charge in [-0.1, -0.05) is 12.1 Å². The molecule has 24 heavy (non-hydrogen) atoms. The maximum absolute atomic E-state index is 5.42. The van der Waals surface area contributed by atoms with E-state index < -0.39 is 0 Å². The van der Waals surface area contributed by atoms with E-state index in [1.54, 1.807) is 0 Å². The Balaban J connectivity index is 1.54. The fourth-order valence-corrected chi connectivity index (χ4v) is 3.49. The largest absolute Gasteiger partial charge is 0.378 e. The lowest BCUT2D eigenvalue weighted by Gasteiger charge is -2.29. The van der Waals surface area contributed by atoms with Gasteiger partial charge in [0.25, 0.3) is 0 Å².